The first-order valence-electron chi connectivity index (χ1n) is 6.13. The molecule has 1 nitrogen and oxygen atoms in total. The maximum Gasteiger partial charge on any atom is 0.127 e. The van der Waals surface area contributed by atoms with Crippen LogP contribution in [0.25, 0.3) is 0 Å². The van der Waals surface area contributed by atoms with Crippen molar-refractivity contribution in [3.05, 3.63) is 63.9 Å². The first kappa shape index (κ1) is 15.6. The molecule has 1 atom stereocenters. The molecule has 2 aromatic carbocycles. The second-order valence-electron chi connectivity index (χ2n) is 4.43. The van der Waals surface area contributed by atoms with Gasteiger partial charge in [0.25, 0.3) is 0 Å². The predicted molar refractivity (Wildman–Crippen MR) is 85.3 cm³/mol. The van der Waals surface area contributed by atoms with Gasteiger partial charge in [0.15, 0.2) is 0 Å². The molecule has 0 aliphatic rings. The highest BCUT2D eigenvalue weighted by atomic mass is 35.5. The van der Waals surface area contributed by atoms with Crippen LogP contribution in [0.15, 0.2) is 47.4 Å². The minimum Gasteiger partial charge on any atom is -0.327 e. The summed E-state index contributed by atoms with van der Waals surface area (Å²) in [6.07, 6.45) is 0.416. The molecule has 0 aliphatic carbocycles. The lowest BCUT2D eigenvalue weighted by atomic mass is 10.1. The summed E-state index contributed by atoms with van der Waals surface area (Å²) >= 11 is 13.5. The number of hydrogen-bond acceptors (Lipinski definition) is 2. The van der Waals surface area contributed by atoms with Crippen LogP contribution in [0.2, 0.25) is 10.0 Å². The predicted octanol–water partition coefficient (Wildman–Crippen LogP) is 4.79. The molecule has 0 spiro atoms. The van der Waals surface area contributed by atoms with E-state index in [9.17, 15) is 4.39 Å². The summed E-state index contributed by atoms with van der Waals surface area (Å²) in [4.78, 5) is 1.05. The van der Waals surface area contributed by atoms with Crippen molar-refractivity contribution in [3.63, 3.8) is 0 Å². The summed E-state index contributed by atoms with van der Waals surface area (Å²) < 4.78 is 13.7. The fourth-order valence-electron chi connectivity index (χ4n) is 1.81. The quantitative estimate of drug-likeness (QED) is 0.798. The van der Waals surface area contributed by atoms with Crippen molar-refractivity contribution in [2.24, 2.45) is 5.73 Å². The molecule has 2 N–H and O–H groups in total. The molecule has 0 amide bonds. The summed E-state index contributed by atoms with van der Waals surface area (Å²) in [6.45, 7) is 0. The topological polar surface area (TPSA) is 26.0 Å². The summed E-state index contributed by atoms with van der Waals surface area (Å²) in [7, 11) is 0. The summed E-state index contributed by atoms with van der Waals surface area (Å²) in [6, 6.07) is 12.1. The molecule has 2 aromatic rings. The Hall–Kier alpha value is -0.740. The van der Waals surface area contributed by atoms with Gasteiger partial charge in [-0.1, -0.05) is 35.3 Å². The fraction of sp³-hybridized carbons (Fsp3) is 0.200. The van der Waals surface area contributed by atoms with Crippen molar-refractivity contribution >= 4 is 35.0 Å². The van der Waals surface area contributed by atoms with E-state index < -0.39 is 0 Å². The van der Waals surface area contributed by atoms with Crippen LogP contribution in [-0.2, 0) is 6.42 Å². The molecule has 0 saturated carbocycles. The van der Waals surface area contributed by atoms with E-state index in [-0.39, 0.29) is 11.9 Å². The Morgan fingerprint density at radius 3 is 2.60 bits per heavy atom. The van der Waals surface area contributed by atoms with Crippen LogP contribution in [0.5, 0.6) is 0 Å². The van der Waals surface area contributed by atoms with Gasteiger partial charge in [0, 0.05) is 32.3 Å². The van der Waals surface area contributed by atoms with Gasteiger partial charge in [-0.2, -0.15) is 0 Å². The van der Waals surface area contributed by atoms with Crippen LogP contribution in [0.3, 0.4) is 0 Å². The Morgan fingerprint density at radius 2 is 1.90 bits per heavy atom. The van der Waals surface area contributed by atoms with Crippen molar-refractivity contribution in [2.75, 3.05) is 5.75 Å². The Kier molecular flexibility index (Phi) is 5.73. The van der Waals surface area contributed by atoms with E-state index in [1.165, 1.54) is 6.07 Å². The van der Waals surface area contributed by atoms with Gasteiger partial charge >= 0.3 is 0 Å². The van der Waals surface area contributed by atoms with Crippen molar-refractivity contribution < 1.29 is 4.39 Å². The number of rotatable bonds is 5. The number of hydrogen-bond donors (Lipinski definition) is 1. The lowest BCUT2D eigenvalue weighted by Gasteiger charge is -2.13. The zero-order valence-electron chi connectivity index (χ0n) is 10.7. The first-order chi connectivity index (χ1) is 9.56. The molecule has 0 radical (unpaired) electrons. The van der Waals surface area contributed by atoms with E-state index in [2.05, 4.69) is 0 Å². The zero-order valence-corrected chi connectivity index (χ0v) is 13.0. The monoisotopic (exact) mass is 329 g/mol. The smallest absolute Gasteiger partial charge is 0.127 e. The van der Waals surface area contributed by atoms with Crippen LogP contribution in [-0.4, -0.2) is 11.8 Å². The SMILES string of the molecule is NC(CSc1cccc(Cl)c1)Cc1c(F)cccc1Cl. The van der Waals surface area contributed by atoms with E-state index in [1.807, 2.05) is 24.3 Å². The highest BCUT2D eigenvalue weighted by Gasteiger charge is 2.12. The zero-order chi connectivity index (χ0) is 14.5. The van der Waals surface area contributed by atoms with Crippen molar-refractivity contribution in [2.45, 2.75) is 17.4 Å². The summed E-state index contributed by atoms with van der Waals surface area (Å²) in [5, 5.41) is 1.12. The van der Waals surface area contributed by atoms with Gasteiger partial charge in [0.05, 0.1) is 0 Å². The number of thioether (sulfide) groups is 1. The third-order valence-corrected chi connectivity index (χ3v) is 4.56. The van der Waals surface area contributed by atoms with Gasteiger partial charge in [-0.15, -0.1) is 11.8 Å². The molecule has 0 aromatic heterocycles. The van der Waals surface area contributed by atoms with Crippen LogP contribution in [0.1, 0.15) is 5.56 Å². The molecule has 20 heavy (non-hydrogen) atoms. The molecular weight excluding hydrogens is 316 g/mol. The van der Waals surface area contributed by atoms with Gasteiger partial charge in [0.1, 0.15) is 5.82 Å². The first-order valence-corrected chi connectivity index (χ1v) is 7.87. The van der Waals surface area contributed by atoms with E-state index in [1.54, 1.807) is 23.9 Å². The number of nitrogens with two attached hydrogens (primary N) is 1. The van der Waals surface area contributed by atoms with Crippen LogP contribution in [0.4, 0.5) is 4.39 Å². The molecule has 106 valence electrons. The minimum absolute atomic E-state index is 0.173. The second-order valence-corrected chi connectivity index (χ2v) is 6.37. The Labute approximate surface area is 132 Å². The molecule has 0 bridgehead atoms. The lowest BCUT2D eigenvalue weighted by molar-refractivity contribution is 0.597. The normalized spacial score (nSPS) is 12.4. The summed E-state index contributed by atoms with van der Waals surface area (Å²) in [5.74, 6) is 0.367. The van der Waals surface area contributed by atoms with Crippen molar-refractivity contribution in [1.82, 2.24) is 0 Å². The Balaban J connectivity index is 1.94. The van der Waals surface area contributed by atoms with Crippen molar-refractivity contribution in [1.29, 1.82) is 0 Å². The van der Waals surface area contributed by atoms with E-state index >= 15 is 0 Å². The van der Waals surface area contributed by atoms with Gasteiger partial charge < -0.3 is 5.73 Å². The highest BCUT2D eigenvalue weighted by molar-refractivity contribution is 7.99. The minimum atomic E-state index is -0.305. The number of benzene rings is 2. The molecule has 5 heteroatoms. The highest BCUT2D eigenvalue weighted by Crippen LogP contribution is 2.24. The van der Waals surface area contributed by atoms with Crippen LogP contribution >= 0.6 is 35.0 Å². The Bertz CT molecular complexity index is 572. The molecule has 2 rings (SSSR count). The van der Waals surface area contributed by atoms with E-state index in [4.69, 9.17) is 28.9 Å². The third kappa shape index (κ3) is 4.38. The maximum absolute atomic E-state index is 13.7. The van der Waals surface area contributed by atoms with Gasteiger partial charge in [-0.25, -0.2) is 4.39 Å². The standard InChI is InChI=1S/C15H14Cl2FNS/c16-10-3-1-4-12(7-10)20-9-11(19)8-13-14(17)5-2-6-15(13)18/h1-7,11H,8-9,19H2. The van der Waals surface area contributed by atoms with E-state index in [0.717, 1.165) is 4.90 Å². The molecule has 1 unspecified atom stereocenters. The molecule has 0 aliphatic heterocycles. The average molecular weight is 330 g/mol. The second kappa shape index (κ2) is 7.32. The van der Waals surface area contributed by atoms with Gasteiger partial charge in [-0.05, 0) is 36.8 Å². The molecular formula is C15H14Cl2FNS. The van der Waals surface area contributed by atoms with Crippen molar-refractivity contribution in [3.8, 4) is 0 Å². The maximum atomic E-state index is 13.7. The molecule has 0 saturated heterocycles. The number of halogens is 3. The third-order valence-electron chi connectivity index (χ3n) is 2.79. The Morgan fingerprint density at radius 1 is 1.15 bits per heavy atom. The molecule has 0 fully saturated rings. The van der Waals surface area contributed by atoms with Gasteiger partial charge in [-0.3, -0.25) is 0 Å². The summed E-state index contributed by atoms with van der Waals surface area (Å²) in [5.41, 5.74) is 6.53. The van der Waals surface area contributed by atoms with Crippen LogP contribution in [0, 0.1) is 5.82 Å². The molecule has 0 heterocycles. The largest absolute Gasteiger partial charge is 0.327 e. The lowest BCUT2D eigenvalue weighted by Crippen LogP contribution is -2.26. The van der Waals surface area contributed by atoms with E-state index in [0.29, 0.717) is 27.8 Å². The van der Waals surface area contributed by atoms with Gasteiger partial charge in [0.2, 0.25) is 0 Å². The fourth-order valence-corrected chi connectivity index (χ4v) is 3.21. The van der Waals surface area contributed by atoms with Crippen LogP contribution < -0.4 is 5.73 Å². The average Bonchev–Trinajstić information content (AvgIpc) is 2.41.